The van der Waals surface area contributed by atoms with E-state index in [1.54, 1.807) is 0 Å². The third-order valence-electron chi connectivity index (χ3n) is 4.44. The fourth-order valence-electron chi connectivity index (χ4n) is 2.37. The van der Waals surface area contributed by atoms with Crippen molar-refractivity contribution in [3.63, 3.8) is 0 Å². The molecule has 0 amide bonds. The van der Waals surface area contributed by atoms with Crippen LogP contribution in [0.25, 0.3) is 0 Å². The Labute approximate surface area is 114 Å². The van der Waals surface area contributed by atoms with Crippen LogP contribution in [0.15, 0.2) is 6.20 Å². The Hall–Kier alpha value is -0.915. The second-order valence-electron chi connectivity index (χ2n) is 6.59. The van der Waals surface area contributed by atoms with Gasteiger partial charge in [-0.3, -0.25) is 0 Å². The Morgan fingerprint density at radius 3 is 2.32 bits per heavy atom. The van der Waals surface area contributed by atoms with Crippen molar-refractivity contribution < 1.29 is 9.31 Å². The van der Waals surface area contributed by atoms with Crippen LogP contribution < -0.4 is 5.59 Å². The van der Waals surface area contributed by atoms with Crippen LogP contribution >= 0.6 is 0 Å². The first-order chi connectivity index (χ1) is 8.78. The smallest absolute Gasteiger partial charge is 0.398 e. The highest BCUT2D eigenvalue weighted by Crippen LogP contribution is 2.36. The van der Waals surface area contributed by atoms with E-state index in [0.29, 0.717) is 6.04 Å². The largest absolute Gasteiger partial charge is 0.518 e. The fourth-order valence-corrected chi connectivity index (χ4v) is 2.37. The molecule has 3 heterocycles. The van der Waals surface area contributed by atoms with Crippen LogP contribution in [0, 0.1) is 0 Å². The Kier molecular flexibility index (Phi) is 2.78. The number of rotatable bonds is 2. The van der Waals surface area contributed by atoms with Crippen molar-refractivity contribution in [3.8, 4) is 0 Å². The minimum Gasteiger partial charge on any atom is -0.398 e. The predicted molar refractivity (Wildman–Crippen MR) is 72.3 cm³/mol. The molecule has 0 N–H and O–H groups in total. The number of likely N-dealkylation sites (N-methyl/N-ethyl adjacent to an activating group) is 1. The molecule has 19 heavy (non-hydrogen) atoms. The minimum atomic E-state index is -0.420. The maximum absolute atomic E-state index is 5.97. The first-order valence-electron chi connectivity index (χ1n) is 6.74. The van der Waals surface area contributed by atoms with Gasteiger partial charge in [0.15, 0.2) is 0 Å². The SMILES string of the molecule is CN1CC(n2cc(B3OC(C)(C)C(C)(C)O3)nn2)C1. The van der Waals surface area contributed by atoms with Crippen molar-refractivity contribution in [2.45, 2.75) is 44.9 Å². The predicted octanol–water partition coefficient (Wildman–Crippen LogP) is 0.0638. The summed E-state index contributed by atoms with van der Waals surface area (Å²) in [4.78, 5) is 2.25. The first-order valence-corrected chi connectivity index (χ1v) is 6.74. The third kappa shape index (κ3) is 2.09. The van der Waals surface area contributed by atoms with E-state index in [1.165, 1.54) is 0 Å². The number of hydrogen-bond acceptors (Lipinski definition) is 5. The van der Waals surface area contributed by atoms with Crippen molar-refractivity contribution in [1.29, 1.82) is 0 Å². The summed E-state index contributed by atoms with van der Waals surface area (Å²) in [7, 11) is 1.68. The van der Waals surface area contributed by atoms with Crippen molar-refractivity contribution in [2.75, 3.05) is 20.1 Å². The van der Waals surface area contributed by atoms with Crippen LogP contribution in [0.3, 0.4) is 0 Å². The molecule has 104 valence electrons. The summed E-state index contributed by atoms with van der Waals surface area (Å²) in [5, 5.41) is 8.39. The van der Waals surface area contributed by atoms with Gasteiger partial charge < -0.3 is 14.2 Å². The van der Waals surface area contributed by atoms with Crippen LogP contribution in [0.4, 0.5) is 0 Å². The molecular weight excluding hydrogens is 243 g/mol. The van der Waals surface area contributed by atoms with Gasteiger partial charge in [-0.15, -0.1) is 5.10 Å². The summed E-state index contributed by atoms with van der Waals surface area (Å²) in [6, 6.07) is 0.425. The van der Waals surface area contributed by atoms with Crippen LogP contribution in [0.5, 0.6) is 0 Å². The van der Waals surface area contributed by atoms with Crippen molar-refractivity contribution >= 4 is 12.7 Å². The van der Waals surface area contributed by atoms with Gasteiger partial charge in [0.05, 0.1) is 17.2 Å². The summed E-state index contributed by atoms with van der Waals surface area (Å²) in [5.41, 5.74) is 0.0872. The molecule has 2 aliphatic rings. The lowest BCUT2D eigenvalue weighted by Gasteiger charge is -2.35. The lowest BCUT2D eigenvalue weighted by Crippen LogP contribution is -2.45. The lowest BCUT2D eigenvalue weighted by atomic mass is 9.86. The van der Waals surface area contributed by atoms with Crippen LogP contribution in [0.2, 0.25) is 0 Å². The van der Waals surface area contributed by atoms with E-state index in [2.05, 4.69) is 22.3 Å². The quantitative estimate of drug-likeness (QED) is 0.707. The van der Waals surface area contributed by atoms with Gasteiger partial charge in [-0.2, -0.15) is 0 Å². The summed E-state index contributed by atoms with van der Waals surface area (Å²) >= 11 is 0. The second kappa shape index (κ2) is 4.04. The van der Waals surface area contributed by atoms with E-state index in [9.17, 15) is 0 Å². The van der Waals surface area contributed by atoms with Gasteiger partial charge in [0.25, 0.3) is 0 Å². The molecule has 0 bridgehead atoms. The fraction of sp³-hybridized carbons (Fsp3) is 0.833. The zero-order chi connectivity index (χ0) is 13.8. The minimum absolute atomic E-state index is 0.335. The number of nitrogens with zero attached hydrogens (tertiary/aromatic N) is 4. The number of likely N-dealkylation sites (tertiary alicyclic amines) is 1. The first kappa shape index (κ1) is 13.1. The molecule has 1 aromatic heterocycles. The average molecular weight is 264 g/mol. The van der Waals surface area contributed by atoms with Crippen LogP contribution in [0.1, 0.15) is 33.7 Å². The van der Waals surface area contributed by atoms with Gasteiger partial charge in [-0.1, -0.05) is 5.21 Å². The zero-order valence-corrected chi connectivity index (χ0v) is 12.3. The van der Waals surface area contributed by atoms with Gasteiger partial charge in [-0.05, 0) is 34.7 Å². The van der Waals surface area contributed by atoms with Gasteiger partial charge in [0, 0.05) is 19.3 Å². The second-order valence-corrected chi connectivity index (χ2v) is 6.59. The highest BCUT2D eigenvalue weighted by atomic mass is 16.7. The molecule has 7 heteroatoms. The number of aromatic nitrogens is 3. The average Bonchev–Trinajstić information content (AvgIpc) is 2.78. The van der Waals surface area contributed by atoms with Gasteiger partial charge in [0.1, 0.15) is 5.59 Å². The van der Waals surface area contributed by atoms with E-state index < -0.39 is 7.12 Å². The molecule has 0 spiro atoms. The molecule has 2 aliphatic heterocycles. The molecule has 1 aromatic rings. The molecule has 0 unspecified atom stereocenters. The summed E-state index contributed by atoms with van der Waals surface area (Å²) in [5.74, 6) is 0. The maximum atomic E-state index is 5.97. The Morgan fingerprint density at radius 2 is 1.79 bits per heavy atom. The molecule has 2 fully saturated rings. The molecule has 2 saturated heterocycles. The molecular formula is C12H21BN4O2. The molecule has 3 rings (SSSR count). The van der Waals surface area contributed by atoms with Crippen molar-refractivity contribution in [3.05, 3.63) is 6.20 Å². The molecule has 6 nitrogen and oxygen atoms in total. The van der Waals surface area contributed by atoms with Gasteiger partial charge in [0.2, 0.25) is 0 Å². The van der Waals surface area contributed by atoms with Crippen LogP contribution in [-0.2, 0) is 9.31 Å². The standard InChI is InChI=1S/C12H21BN4O2/c1-11(2)12(3,4)19-13(18-11)10-8-17(15-14-10)9-6-16(5)7-9/h8-9H,6-7H2,1-5H3. The highest BCUT2D eigenvalue weighted by molar-refractivity contribution is 6.61. The number of hydrogen-bond donors (Lipinski definition) is 0. The monoisotopic (exact) mass is 264 g/mol. The molecule has 0 atom stereocenters. The van der Waals surface area contributed by atoms with Gasteiger partial charge >= 0.3 is 7.12 Å². The lowest BCUT2D eigenvalue weighted by molar-refractivity contribution is 0.00578. The summed E-state index contributed by atoms with van der Waals surface area (Å²) in [6.45, 7) is 10.2. The summed E-state index contributed by atoms with van der Waals surface area (Å²) in [6.07, 6.45) is 1.94. The highest BCUT2D eigenvalue weighted by Gasteiger charge is 2.53. The van der Waals surface area contributed by atoms with E-state index in [0.717, 1.165) is 18.7 Å². The zero-order valence-electron chi connectivity index (χ0n) is 12.3. The van der Waals surface area contributed by atoms with E-state index >= 15 is 0 Å². The molecule has 0 radical (unpaired) electrons. The molecule has 0 aliphatic carbocycles. The molecule has 0 saturated carbocycles. The van der Waals surface area contributed by atoms with Crippen molar-refractivity contribution in [1.82, 2.24) is 19.9 Å². The normalized spacial score (nSPS) is 26.7. The van der Waals surface area contributed by atoms with Crippen LogP contribution in [-0.4, -0.2) is 58.4 Å². The van der Waals surface area contributed by atoms with E-state index in [-0.39, 0.29) is 11.2 Å². The van der Waals surface area contributed by atoms with E-state index in [1.807, 2.05) is 38.6 Å². The summed E-state index contributed by atoms with van der Waals surface area (Å²) < 4.78 is 13.9. The van der Waals surface area contributed by atoms with E-state index in [4.69, 9.17) is 9.31 Å². The Bertz CT molecular complexity index is 466. The van der Waals surface area contributed by atoms with Crippen molar-refractivity contribution in [2.24, 2.45) is 0 Å². The van der Waals surface area contributed by atoms with Gasteiger partial charge in [-0.25, -0.2) is 4.68 Å². The Morgan fingerprint density at radius 1 is 1.21 bits per heavy atom. The Balaban J connectivity index is 1.74. The topological polar surface area (TPSA) is 52.4 Å². The maximum Gasteiger partial charge on any atom is 0.518 e. The third-order valence-corrected chi connectivity index (χ3v) is 4.44. The molecule has 0 aromatic carbocycles.